The van der Waals surface area contributed by atoms with Gasteiger partial charge in [-0.3, -0.25) is 9.59 Å². The first-order valence-corrected chi connectivity index (χ1v) is 11.4. The van der Waals surface area contributed by atoms with E-state index >= 15 is 0 Å². The summed E-state index contributed by atoms with van der Waals surface area (Å²) in [5.41, 5.74) is 1.49. The topological polar surface area (TPSA) is 90.6 Å². The van der Waals surface area contributed by atoms with Gasteiger partial charge in [-0.05, 0) is 31.9 Å². The molecule has 142 valence electrons. The summed E-state index contributed by atoms with van der Waals surface area (Å²) < 4.78 is 26.9. The first kappa shape index (κ1) is 19.3. The summed E-state index contributed by atoms with van der Waals surface area (Å²) in [6.45, 7) is 6.78. The summed E-state index contributed by atoms with van der Waals surface area (Å²) in [5.74, 6) is -0.0441. The molecule has 1 fully saturated rings. The molecule has 0 radical (unpaired) electrons. The van der Waals surface area contributed by atoms with Crippen LogP contribution in [0.1, 0.15) is 32.7 Å². The van der Waals surface area contributed by atoms with E-state index in [1.807, 2.05) is 13.0 Å². The van der Waals surface area contributed by atoms with Crippen molar-refractivity contribution in [2.24, 2.45) is 0 Å². The average molecular weight is 416 g/mol. The minimum absolute atomic E-state index is 0.0441. The highest BCUT2D eigenvalue weighted by molar-refractivity contribution is 7.91. The Morgan fingerprint density at radius 1 is 1.19 bits per heavy atom. The minimum atomic E-state index is -3.71. The van der Waals surface area contributed by atoms with E-state index in [2.05, 4.69) is 11.9 Å². The van der Waals surface area contributed by atoms with Crippen LogP contribution in [0.15, 0.2) is 15.1 Å². The summed E-state index contributed by atoms with van der Waals surface area (Å²) in [7, 11) is -3.71. The molecule has 3 rings (SSSR count). The molecule has 3 heterocycles. The number of piperazine rings is 1. The van der Waals surface area contributed by atoms with Crippen LogP contribution in [0.4, 0.5) is 0 Å². The van der Waals surface area contributed by atoms with Crippen LogP contribution in [0.5, 0.6) is 0 Å². The second-order valence-electron chi connectivity index (χ2n) is 6.19. The fraction of sp³-hybridized carbons (Fsp3) is 0.500. The number of aryl methyl sites for hydroxylation is 3. The zero-order chi connectivity index (χ0) is 19.1. The number of aromatic amines is 1. The van der Waals surface area contributed by atoms with Gasteiger partial charge in [-0.2, -0.15) is 4.31 Å². The highest BCUT2D eigenvalue weighted by Crippen LogP contribution is 2.26. The Balaban J connectivity index is 1.71. The van der Waals surface area contributed by atoms with Crippen LogP contribution in [0, 0.1) is 13.8 Å². The van der Waals surface area contributed by atoms with Gasteiger partial charge in [0.2, 0.25) is 0 Å². The van der Waals surface area contributed by atoms with Crippen LogP contribution in [0.2, 0.25) is 0 Å². The predicted octanol–water partition coefficient (Wildman–Crippen LogP) is 1.82. The summed E-state index contributed by atoms with van der Waals surface area (Å²) in [5, 5.41) is 0. The van der Waals surface area contributed by atoms with E-state index in [0.717, 1.165) is 12.0 Å². The van der Waals surface area contributed by atoms with Gasteiger partial charge in [-0.1, -0.05) is 18.3 Å². The third-order valence-electron chi connectivity index (χ3n) is 4.43. The molecule has 1 aliphatic rings. The zero-order valence-corrected chi connectivity index (χ0v) is 17.3. The maximum absolute atomic E-state index is 12.7. The molecule has 26 heavy (non-hydrogen) atoms. The standard InChI is InChI=1S/C16H21N3O4S3/c1-4-12-10(2)9-13(24-12)14(20)18-5-7-19(8-6-18)26(22,23)15-11(3)17-16(21)25-15/h9H,4-8H2,1-3H3,(H,17,21). The van der Waals surface area contributed by atoms with Gasteiger partial charge >= 0.3 is 4.87 Å². The van der Waals surface area contributed by atoms with Crippen molar-refractivity contribution in [3.05, 3.63) is 36.7 Å². The van der Waals surface area contributed by atoms with E-state index in [4.69, 9.17) is 0 Å². The minimum Gasteiger partial charge on any atom is -0.335 e. The van der Waals surface area contributed by atoms with Gasteiger partial charge in [0.05, 0.1) is 4.88 Å². The number of rotatable bonds is 4. The van der Waals surface area contributed by atoms with E-state index in [1.54, 1.807) is 11.8 Å². The van der Waals surface area contributed by atoms with Gasteiger partial charge in [0.25, 0.3) is 15.9 Å². The van der Waals surface area contributed by atoms with Crippen molar-refractivity contribution in [2.45, 2.75) is 31.4 Å². The summed E-state index contributed by atoms with van der Waals surface area (Å²) in [6.07, 6.45) is 0.898. The van der Waals surface area contributed by atoms with Gasteiger partial charge in [0.1, 0.15) is 0 Å². The van der Waals surface area contributed by atoms with Crippen LogP contribution in [-0.2, 0) is 16.4 Å². The number of aromatic nitrogens is 1. The fourth-order valence-electron chi connectivity index (χ4n) is 3.02. The lowest BCUT2D eigenvalue weighted by Crippen LogP contribution is -2.50. The van der Waals surface area contributed by atoms with Crippen LogP contribution < -0.4 is 4.87 Å². The van der Waals surface area contributed by atoms with Gasteiger partial charge in [0.15, 0.2) is 4.21 Å². The van der Waals surface area contributed by atoms with Gasteiger partial charge < -0.3 is 9.88 Å². The molecule has 2 aromatic rings. The second kappa shape index (κ2) is 7.26. The maximum Gasteiger partial charge on any atom is 0.305 e. The SMILES string of the molecule is CCc1sc(C(=O)N2CCN(S(=O)(=O)c3sc(=O)[nH]c3C)CC2)cc1C. The zero-order valence-electron chi connectivity index (χ0n) is 14.9. The van der Waals surface area contributed by atoms with E-state index < -0.39 is 10.0 Å². The van der Waals surface area contributed by atoms with Gasteiger partial charge in [-0.15, -0.1) is 11.3 Å². The summed E-state index contributed by atoms with van der Waals surface area (Å²) >= 11 is 2.22. The highest BCUT2D eigenvalue weighted by atomic mass is 32.2. The molecule has 0 aliphatic carbocycles. The van der Waals surface area contributed by atoms with Gasteiger partial charge in [-0.25, -0.2) is 8.42 Å². The number of amides is 1. The Morgan fingerprint density at radius 3 is 2.35 bits per heavy atom. The number of thiophene rings is 1. The molecule has 0 saturated carbocycles. The fourth-order valence-corrected chi connectivity index (χ4v) is 6.96. The predicted molar refractivity (Wildman–Crippen MR) is 103 cm³/mol. The molecule has 10 heteroatoms. The van der Waals surface area contributed by atoms with E-state index in [1.165, 1.54) is 20.5 Å². The van der Waals surface area contributed by atoms with Crippen LogP contribution in [-0.4, -0.2) is 54.7 Å². The van der Waals surface area contributed by atoms with Crippen molar-refractivity contribution >= 4 is 38.6 Å². The molecule has 1 N–H and O–H groups in total. The largest absolute Gasteiger partial charge is 0.335 e. The molecule has 2 aromatic heterocycles. The smallest absolute Gasteiger partial charge is 0.305 e. The molecule has 1 aliphatic heterocycles. The normalized spacial score (nSPS) is 16.2. The third-order valence-corrected chi connectivity index (χ3v) is 9.28. The number of H-pyrrole nitrogens is 1. The quantitative estimate of drug-likeness (QED) is 0.825. The molecule has 0 atom stereocenters. The van der Waals surface area contributed by atoms with Crippen LogP contribution in [0.25, 0.3) is 0 Å². The number of nitrogens with one attached hydrogen (secondary N) is 1. The number of hydrogen-bond donors (Lipinski definition) is 1. The second-order valence-corrected chi connectivity index (χ2v) is 10.4. The molecular weight excluding hydrogens is 394 g/mol. The molecule has 0 aromatic carbocycles. The number of carbonyl (C=O) groups is 1. The molecule has 7 nitrogen and oxygen atoms in total. The number of sulfonamides is 1. The highest BCUT2D eigenvalue weighted by Gasteiger charge is 2.33. The number of hydrogen-bond acceptors (Lipinski definition) is 6. The third kappa shape index (κ3) is 3.51. The molecular formula is C16H21N3O4S3. The van der Waals surface area contributed by atoms with E-state index in [9.17, 15) is 18.0 Å². The van der Waals surface area contributed by atoms with Crippen molar-refractivity contribution in [3.8, 4) is 0 Å². The van der Waals surface area contributed by atoms with Crippen molar-refractivity contribution in [2.75, 3.05) is 26.2 Å². The summed E-state index contributed by atoms with van der Waals surface area (Å²) in [6, 6.07) is 1.91. The van der Waals surface area contributed by atoms with Crippen molar-refractivity contribution in [1.29, 1.82) is 0 Å². The number of nitrogens with zero attached hydrogens (tertiary/aromatic N) is 2. The molecule has 0 bridgehead atoms. The maximum atomic E-state index is 12.7. The Hall–Kier alpha value is -1.49. The van der Waals surface area contributed by atoms with Gasteiger partial charge in [0, 0.05) is 36.8 Å². The van der Waals surface area contributed by atoms with Crippen LogP contribution >= 0.6 is 22.7 Å². The lowest BCUT2D eigenvalue weighted by molar-refractivity contribution is 0.0703. The monoisotopic (exact) mass is 415 g/mol. The Kier molecular flexibility index (Phi) is 5.38. The number of carbonyl (C=O) groups excluding carboxylic acids is 1. The molecule has 0 unspecified atom stereocenters. The lowest BCUT2D eigenvalue weighted by Gasteiger charge is -2.33. The first-order valence-electron chi connectivity index (χ1n) is 8.32. The van der Waals surface area contributed by atoms with Crippen LogP contribution in [0.3, 0.4) is 0 Å². The first-order chi connectivity index (χ1) is 12.2. The molecule has 1 saturated heterocycles. The Bertz CT molecular complexity index is 979. The van der Waals surface area contributed by atoms with Crippen molar-refractivity contribution in [3.63, 3.8) is 0 Å². The van der Waals surface area contributed by atoms with Crippen molar-refractivity contribution < 1.29 is 13.2 Å². The lowest BCUT2D eigenvalue weighted by atomic mass is 10.2. The van der Waals surface area contributed by atoms with Crippen molar-refractivity contribution in [1.82, 2.24) is 14.2 Å². The number of thiazole rings is 1. The molecule has 0 spiro atoms. The molecule has 1 amide bonds. The average Bonchev–Trinajstić information content (AvgIpc) is 3.16. The summed E-state index contributed by atoms with van der Waals surface area (Å²) in [4.78, 5) is 29.8. The van der Waals surface area contributed by atoms with E-state index in [-0.39, 0.29) is 28.1 Å². The van der Waals surface area contributed by atoms with E-state index in [0.29, 0.717) is 35.0 Å². The Labute approximate surface area is 160 Å². The Morgan fingerprint density at radius 2 is 1.85 bits per heavy atom.